The average molecular weight is 567 g/mol. The molecule has 0 aromatic heterocycles. The Morgan fingerprint density at radius 1 is 0.650 bits per heavy atom. The molecule has 0 aliphatic carbocycles. The van der Waals surface area contributed by atoms with E-state index in [2.05, 4.69) is 26.0 Å². The van der Waals surface area contributed by atoms with Crippen LogP contribution < -0.4 is 0 Å². The highest BCUT2D eigenvalue weighted by Crippen LogP contribution is 2.21. The summed E-state index contributed by atoms with van der Waals surface area (Å²) in [6, 6.07) is 0. The molecule has 0 radical (unpaired) electrons. The van der Waals surface area contributed by atoms with E-state index in [0.717, 1.165) is 44.9 Å². The number of hydrogen-bond donors (Lipinski definition) is 2. The van der Waals surface area contributed by atoms with Crippen LogP contribution in [0.2, 0.25) is 0 Å². The number of unbranched alkanes of at least 4 members (excludes halogenated alkanes) is 19. The van der Waals surface area contributed by atoms with Crippen LogP contribution in [-0.4, -0.2) is 41.3 Å². The fourth-order valence-electron chi connectivity index (χ4n) is 5.15. The van der Waals surface area contributed by atoms with Crippen molar-refractivity contribution >= 4 is 11.8 Å². The standard InChI is InChI=1S/C35H66O5/c1-3-5-7-9-11-13-15-16-18-20-22-24-26-28-34(38)32(29-35(39)40-31-33(37)30-36)27-25-23-21-19-17-14-12-10-8-6-4-2/h14,17,32-33,36-37H,3-13,15-16,18-31H2,1-2H3. The molecule has 0 aromatic rings. The number of allylic oxidation sites excluding steroid dienone is 2. The van der Waals surface area contributed by atoms with Gasteiger partial charge in [0.05, 0.1) is 13.0 Å². The third-order valence-electron chi connectivity index (χ3n) is 7.86. The van der Waals surface area contributed by atoms with Gasteiger partial charge in [-0.3, -0.25) is 9.59 Å². The second-order valence-electron chi connectivity index (χ2n) is 11.8. The summed E-state index contributed by atoms with van der Waals surface area (Å²) in [5.41, 5.74) is 0. The number of Topliss-reactive ketones (excluding diaryl/α,β-unsaturated/α-hetero) is 1. The van der Waals surface area contributed by atoms with E-state index in [1.54, 1.807) is 0 Å². The average Bonchev–Trinajstić information content (AvgIpc) is 2.96. The van der Waals surface area contributed by atoms with Crippen molar-refractivity contribution in [3.63, 3.8) is 0 Å². The number of carbonyl (C=O) groups is 2. The maximum absolute atomic E-state index is 13.0. The minimum absolute atomic E-state index is 0.0765. The summed E-state index contributed by atoms with van der Waals surface area (Å²) < 4.78 is 5.09. The van der Waals surface area contributed by atoms with E-state index in [9.17, 15) is 14.7 Å². The van der Waals surface area contributed by atoms with Gasteiger partial charge in [0.15, 0.2) is 0 Å². The van der Waals surface area contributed by atoms with Crippen LogP contribution in [0.3, 0.4) is 0 Å². The van der Waals surface area contributed by atoms with Crippen LogP contribution in [-0.2, 0) is 14.3 Å². The zero-order valence-electron chi connectivity index (χ0n) is 26.5. The van der Waals surface area contributed by atoms with Gasteiger partial charge >= 0.3 is 5.97 Å². The van der Waals surface area contributed by atoms with Crippen LogP contribution in [0.25, 0.3) is 0 Å². The first kappa shape index (κ1) is 38.8. The first-order chi connectivity index (χ1) is 19.5. The Morgan fingerprint density at radius 3 is 1.60 bits per heavy atom. The summed E-state index contributed by atoms with van der Waals surface area (Å²) in [7, 11) is 0. The van der Waals surface area contributed by atoms with Crippen molar-refractivity contribution in [3.8, 4) is 0 Å². The van der Waals surface area contributed by atoms with Crippen molar-refractivity contribution in [2.45, 2.75) is 180 Å². The van der Waals surface area contributed by atoms with Gasteiger partial charge in [0.2, 0.25) is 0 Å². The number of ether oxygens (including phenoxy) is 1. The Balaban J connectivity index is 4.17. The smallest absolute Gasteiger partial charge is 0.306 e. The second-order valence-corrected chi connectivity index (χ2v) is 11.8. The molecule has 0 aliphatic heterocycles. The molecule has 0 bridgehead atoms. The van der Waals surface area contributed by atoms with Crippen molar-refractivity contribution in [3.05, 3.63) is 12.2 Å². The van der Waals surface area contributed by atoms with Crippen molar-refractivity contribution < 1.29 is 24.5 Å². The van der Waals surface area contributed by atoms with Gasteiger partial charge in [-0.25, -0.2) is 0 Å². The van der Waals surface area contributed by atoms with Crippen LogP contribution in [0.1, 0.15) is 174 Å². The summed E-state index contributed by atoms with van der Waals surface area (Å²) in [5, 5.41) is 18.4. The number of rotatable bonds is 31. The Labute approximate surface area is 247 Å². The first-order valence-corrected chi connectivity index (χ1v) is 17.2. The fourth-order valence-corrected chi connectivity index (χ4v) is 5.15. The number of carbonyl (C=O) groups excluding carboxylic acids is 2. The summed E-state index contributed by atoms with van der Waals surface area (Å²) >= 11 is 0. The van der Waals surface area contributed by atoms with Crippen LogP contribution in [0.15, 0.2) is 12.2 Å². The quantitative estimate of drug-likeness (QED) is 0.0496. The normalized spacial score (nSPS) is 13.1. The van der Waals surface area contributed by atoms with E-state index in [4.69, 9.17) is 9.84 Å². The zero-order chi connectivity index (χ0) is 29.5. The Kier molecular flexibility index (Phi) is 29.8. The van der Waals surface area contributed by atoms with E-state index in [-0.39, 0.29) is 24.7 Å². The molecular formula is C35H66O5. The highest BCUT2D eigenvalue weighted by molar-refractivity contribution is 5.85. The molecule has 5 heteroatoms. The molecule has 0 heterocycles. The molecule has 2 N–H and O–H groups in total. The van der Waals surface area contributed by atoms with E-state index in [1.807, 2.05) is 0 Å². The van der Waals surface area contributed by atoms with Crippen molar-refractivity contribution in [1.29, 1.82) is 0 Å². The molecule has 0 rings (SSSR count). The number of aliphatic hydroxyl groups excluding tert-OH is 2. The SMILES string of the molecule is CCCCCCC=CCCCCCC(CC(=O)OCC(O)CO)C(=O)CCCCCCCCCCCCCCC. The molecule has 2 atom stereocenters. The van der Waals surface area contributed by atoms with Crippen molar-refractivity contribution in [2.24, 2.45) is 5.92 Å². The third kappa shape index (κ3) is 27.0. The maximum atomic E-state index is 13.0. The molecule has 2 unspecified atom stereocenters. The minimum atomic E-state index is -1.07. The number of ketones is 1. The molecule has 0 fully saturated rings. The molecular weight excluding hydrogens is 500 g/mol. The monoisotopic (exact) mass is 566 g/mol. The predicted molar refractivity (Wildman–Crippen MR) is 168 cm³/mol. The second kappa shape index (κ2) is 30.8. The van der Waals surface area contributed by atoms with E-state index >= 15 is 0 Å². The Morgan fingerprint density at radius 2 is 1.10 bits per heavy atom. The lowest BCUT2D eigenvalue weighted by Crippen LogP contribution is -2.25. The summed E-state index contributed by atoms with van der Waals surface area (Å²) in [6.45, 7) is 3.83. The summed E-state index contributed by atoms with van der Waals surface area (Å²) in [6.07, 6.45) is 32.0. The van der Waals surface area contributed by atoms with Gasteiger partial charge in [0.25, 0.3) is 0 Å². The first-order valence-electron chi connectivity index (χ1n) is 17.2. The molecule has 0 aliphatic rings. The van der Waals surface area contributed by atoms with Crippen molar-refractivity contribution in [2.75, 3.05) is 13.2 Å². The lowest BCUT2D eigenvalue weighted by Gasteiger charge is -2.16. The van der Waals surface area contributed by atoms with Crippen LogP contribution in [0.4, 0.5) is 0 Å². The molecule has 0 saturated heterocycles. The lowest BCUT2D eigenvalue weighted by atomic mass is 9.90. The van der Waals surface area contributed by atoms with E-state index in [0.29, 0.717) is 6.42 Å². The van der Waals surface area contributed by atoms with Crippen LogP contribution >= 0.6 is 0 Å². The van der Waals surface area contributed by atoms with Crippen molar-refractivity contribution in [1.82, 2.24) is 0 Å². The Hall–Kier alpha value is -1.20. The molecule has 0 saturated carbocycles. The largest absolute Gasteiger partial charge is 0.463 e. The predicted octanol–water partition coefficient (Wildman–Crippen LogP) is 9.42. The van der Waals surface area contributed by atoms with Gasteiger partial charge in [-0.05, 0) is 38.5 Å². The fraction of sp³-hybridized carbons (Fsp3) is 0.886. The van der Waals surface area contributed by atoms with Gasteiger partial charge in [-0.2, -0.15) is 0 Å². The number of hydrogen-bond acceptors (Lipinski definition) is 5. The highest BCUT2D eigenvalue weighted by atomic mass is 16.5. The lowest BCUT2D eigenvalue weighted by molar-refractivity contribution is -0.150. The summed E-state index contributed by atoms with van der Waals surface area (Å²) in [5.74, 6) is -0.581. The van der Waals surface area contributed by atoms with Crippen LogP contribution in [0, 0.1) is 5.92 Å². The summed E-state index contributed by atoms with van der Waals surface area (Å²) in [4.78, 5) is 25.3. The maximum Gasteiger partial charge on any atom is 0.306 e. The van der Waals surface area contributed by atoms with Gasteiger partial charge < -0.3 is 14.9 Å². The van der Waals surface area contributed by atoms with Gasteiger partial charge in [-0.1, -0.05) is 135 Å². The Bertz CT molecular complexity index is 588. The number of aliphatic hydroxyl groups is 2. The van der Waals surface area contributed by atoms with Gasteiger partial charge in [0.1, 0.15) is 18.5 Å². The highest BCUT2D eigenvalue weighted by Gasteiger charge is 2.22. The topological polar surface area (TPSA) is 83.8 Å². The third-order valence-corrected chi connectivity index (χ3v) is 7.86. The minimum Gasteiger partial charge on any atom is -0.463 e. The number of esters is 1. The molecule has 5 nitrogen and oxygen atoms in total. The van der Waals surface area contributed by atoms with E-state index < -0.39 is 18.7 Å². The van der Waals surface area contributed by atoms with E-state index in [1.165, 1.54) is 103 Å². The molecule has 0 spiro atoms. The van der Waals surface area contributed by atoms with Gasteiger partial charge in [0, 0.05) is 12.3 Å². The molecule has 0 amide bonds. The molecule has 40 heavy (non-hydrogen) atoms. The van der Waals surface area contributed by atoms with Gasteiger partial charge in [-0.15, -0.1) is 0 Å². The van der Waals surface area contributed by atoms with Crippen LogP contribution in [0.5, 0.6) is 0 Å². The zero-order valence-corrected chi connectivity index (χ0v) is 26.5. The molecule has 236 valence electrons. The molecule has 0 aromatic carbocycles.